The maximum absolute atomic E-state index is 12.2. The van der Waals surface area contributed by atoms with Crippen LogP contribution in [0.4, 0.5) is 10.5 Å². The van der Waals surface area contributed by atoms with E-state index in [2.05, 4.69) is 34.9 Å². The van der Waals surface area contributed by atoms with Gasteiger partial charge in [-0.05, 0) is 39.9 Å². The van der Waals surface area contributed by atoms with E-state index in [4.69, 9.17) is 9.47 Å². The Hall–Kier alpha value is -4.06. The van der Waals surface area contributed by atoms with E-state index in [9.17, 15) is 9.59 Å². The molecule has 2 N–H and O–H groups in total. The van der Waals surface area contributed by atoms with Crippen molar-refractivity contribution >= 4 is 23.8 Å². The van der Waals surface area contributed by atoms with Gasteiger partial charge < -0.3 is 20.1 Å². The first-order chi connectivity index (χ1) is 15.7. The fraction of sp³-hybridized carbons (Fsp3) is 0.154. The van der Waals surface area contributed by atoms with Crippen LogP contribution in [0.15, 0.2) is 72.8 Å². The van der Waals surface area contributed by atoms with Gasteiger partial charge in [-0.15, -0.1) is 0 Å². The molecule has 0 saturated carbocycles. The number of amides is 2. The maximum Gasteiger partial charge on any atom is 0.407 e. The summed E-state index contributed by atoms with van der Waals surface area (Å²) in [5, 5.41) is 5.53. The minimum Gasteiger partial charge on any atom is -0.482 e. The second-order valence-corrected chi connectivity index (χ2v) is 7.70. The Kier molecular flexibility index (Phi) is 5.34. The number of hydrogen-bond donors (Lipinski definition) is 2. The van der Waals surface area contributed by atoms with E-state index in [1.54, 1.807) is 0 Å². The van der Waals surface area contributed by atoms with Crippen molar-refractivity contribution in [2.75, 3.05) is 25.1 Å². The summed E-state index contributed by atoms with van der Waals surface area (Å²) in [4.78, 5) is 23.7. The van der Waals surface area contributed by atoms with Crippen LogP contribution in [0.1, 0.15) is 22.6 Å². The highest BCUT2D eigenvalue weighted by Crippen LogP contribution is 2.44. The Labute approximate surface area is 185 Å². The molecular weight excluding hydrogens is 404 g/mol. The van der Waals surface area contributed by atoms with Crippen LogP contribution in [0.3, 0.4) is 0 Å². The van der Waals surface area contributed by atoms with Gasteiger partial charge in [0.05, 0.1) is 5.69 Å². The van der Waals surface area contributed by atoms with Crippen molar-refractivity contribution in [3.05, 3.63) is 89.5 Å². The zero-order valence-electron chi connectivity index (χ0n) is 17.3. The number of nitrogens with one attached hydrogen (secondary N) is 2. The molecule has 6 nitrogen and oxygen atoms in total. The quantitative estimate of drug-likeness (QED) is 0.627. The van der Waals surface area contributed by atoms with Crippen molar-refractivity contribution in [3.63, 3.8) is 0 Å². The number of fused-ring (bicyclic) bond motifs is 4. The lowest BCUT2D eigenvalue weighted by Gasteiger charge is -2.17. The van der Waals surface area contributed by atoms with Gasteiger partial charge in [0.25, 0.3) is 5.91 Å². The van der Waals surface area contributed by atoms with Crippen molar-refractivity contribution < 1.29 is 19.1 Å². The van der Waals surface area contributed by atoms with Crippen LogP contribution in [0.5, 0.6) is 5.75 Å². The predicted molar refractivity (Wildman–Crippen MR) is 123 cm³/mol. The first-order valence-corrected chi connectivity index (χ1v) is 10.5. The van der Waals surface area contributed by atoms with Crippen LogP contribution in [0, 0.1) is 0 Å². The van der Waals surface area contributed by atoms with Gasteiger partial charge in [0.2, 0.25) is 0 Å². The van der Waals surface area contributed by atoms with Crippen molar-refractivity contribution in [1.82, 2.24) is 5.32 Å². The summed E-state index contributed by atoms with van der Waals surface area (Å²) in [6.45, 7) is 0.650. The molecule has 0 radical (unpaired) electrons. The monoisotopic (exact) mass is 426 g/mol. The van der Waals surface area contributed by atoms with E-state index in [1.165, 1.54) is 22.3 Å². The van der Waals surface area contributed by atoms with Gasteiger partial charge >= 0.3 is 6.09 Å². The summed E-state index contributed by atoms with van der Waals surface area (Å²) in [6, 6.07) is 22.0. The van der Waals surface area contributed by atoms with Crippen LogP contribution in [-0.2, 0) is 9.53 Å². The zero-order valence-corrected chi connectivity index (χ0v) is 17.3. The predicted octanol–water partition coefficient (Wildman–Crippen LogP) is 4.57. The zero-order chi connectivity index (χ0) is 21.9. The molecule has 5 rings (SSSR count). The van der Waals surface area contributed by atoms with Crippen molar-refractivity contribution in [2.24, 2.45) is 0 Å². The molecule has 2 aliphatic rings. The van der Waals surface area contributed by atoms with E-state index in [0.717, 1.165) is 5.56 Å². The Morgan fingerprint density at radius 3 is 2.53 bits per heavy atom. The minimum atomic E-state index is -0.456. The Morgan fingerprint density at radius 2 is 1.78 bits per heavy atom. The molecular formula is C26H22N2O4. The van der Waals surface area contributed by atoms with E-state index in [1.807, 2.05) is 54.6 Å². The fourth-order valence-corrected chi connectivity index (χ4v) is 4.19. The van der Waals surface area contributed by atoms with E-state index in [0.29, 0.717) is 18.0 Å². The molecule has 3 aromatic rings. The van der Waals surface area contributed by atoms with Gasteiger partial charge in [0.15, 0.2) is 6.61 Å². The lowest BCUT2D eigenvalue weighted by atomic mass is 9.98. The smallest absolute Gasteiger partial charge is 0.407 e. The molecule has 0 fully saturated rings. The summed E-state index contributed by atoms with van der Waals surface area (Å²) in [5.41, 5.74) is 6.31. The number of ether oxygens (including phenoxy) is 2. The molecule has 1 aliphatic carbocycles. The van der Waals surface area contributed by atoms with Gasteiger partial charge in [-0.1, -0.05) is 66.7 Å². The standard InChI is InChI=1S/C26H22N2O4/c29-25-16-31-24-12-11-17(14-23(24)28-25)6-5-13-27-26(30)32-15-22-20-9-3-1-7-18(20)19-8-2-4-10-21(19)22/h1-12,14,22H,13,15-16H2,(H,27,30)(H,28,29). The molecule has 1 aliphatic heterocycles. The van der Waals surface area contributed by atoms with Gasteiger partial charge in [-0.2, -0.15) is 0 Å². The molecule has 0 atom stereocenters. The molecule has 3 aromatic carbocycles. The van der Waals surface area contributed by atoms with Gasteiger partial charge in [0, 0.05) is 12.5 Å². The largest absolute Gasteiger partial charge is 0.482 e. The maximum atomic E-state index is 12.2. The highest BCUT2D eigenvalue weighted by Gasteiger charge is 2.28. The Morgan fingerprint density at radius 1 is 1.06 bits per heavy atom. The van der Waals surface area contributed by atoms with Crippen LogP contribution < -0.4 is 15.4 Å². The highest BCUT2D eigenvalue weighted by atomic mass is 16.5. The molecule has 32 heavy (non-hydrogen) atoms. The third-order valence-corrected chi connectivity index (χ3v) is 5.65. The molecule has 6 heteroatoms. The second kappa shape index (κ2) is 8.59. The topological polar surface area (TPSA) is 76.7 Å². The lowest BCUT2D eigenvalue weighted by Crippen LogP contribution is -2.26. The number of benzene rings is 3. The molecule has 0 unspecified atom stereocenters. The van der Waals surface area contributed by atoms with E-state index >= 15 is 0 Å². The van der Waals surface area contributed by atoms with Gasteiger partial charge in [-0.25, -0.2) is 4.79 Å². The van der Waals surface area contributed by atoms with Crippen molar-refractivity contribution in [1.29, 1.82) is 0 Å². The second-order valence-electron chi connectivity index (χ2n) is 7.70. The van der Waals surface area contributed by atoms with Crippen molar-refractivity contribution in [2.45, 2.75) is 5.92 Å². The van der Waals surface area contributed by atoms with Crippen LogP contribution >= 0.6 is 0 Å². The average molecular weight is 426 g/mol. The molecule has 0 saturated heterocycles. The molecule has 160 valence electrons. The summed E-state index contributed by atoms with van der Waals surface area (Å²) in [7, 11) is 0. The van der Waals surface area contributed by atoms with Crippen molar-refractivity contribution in [3.8, 4) is 16.9 Å². The first kappa shape index (κ1) is 19.9. The first-order valence-electron chi connectivity index (χ1n) is 10.5. The summed E-state index contributed by atoms with van der Waals surface area (Å²) in [6.07, 6.45) is 3.24. The molecule has 0 bridgehead atoms. The summed E-state index contributed by atoms with van der Waals surface area (Å²) < 4.78 is 10.9. The van der Waals surface area contributed by atoms with Crippen LogP contribution in [0.25, 0.3) is 17.2 Å². The van der Waals surface area contributed by atoms with E-state index in [-0.39, 0.29) is 25.0 Å². The SMILES string of the molecule is O=C1COc2ccc(C=CCNC(=O)OCC3c4ccccc4-c4ccccc43)cc2N1. The molecule has 2 amide bonds. The number of carbonyl (C=O) groups is 2. The number of anilines is 1. The fourth-order valence-electron chi connectivity index (χ4n) is 4.19. The van der Waals surface area contributed by atoms with Crippen LogP contribution in [0.2, 0.25) is 0 Å². The minimum absolute atomic E-state index is 0.0340. The van der Waals surface area contributed by atoms with Gasteiger partial charge in [0.1, 0.15) is 12.4 Å². The van der Waals surface area contributed by atoms with Gasteiger partial charge in [-0.3, -0.25) is 4.79 Å². The number of hydrogen-bond acceptors (Lipinski definition) is 4. The van der Waals surface area contributed by atoms with E-state index < -0.39 is 6.09 Å². The van der Waals surface area contributed by atoms with Crippen LogP contribution in [-0.4, -0.2) is 31.8 Å². The number of alkyl carbamates (subject to hydrolysis) is 1. The molecule has 1 heterocycles. The number of carbonyl (C=O) groups excluding carboxylic acids is 2. The molecule has 0 aromatic heterocycles. The summed E-state index contributed by atoms with van der Waals surface area (Å²) >= 11 is 0. The normalized spacial score (nSPS) is 14.2. The Bertz CT molecular complexity index is 1170. The lowest BCUT2D eigenvalue weighted by molar-refractivity contribution is -0.118. The average Bonchev–Trinajstić information content (AvgIpc) is 3.14. The highest BCUT2D eigenvalue weighted by molar-refractivity contribution is 5.95. The Balaban J connectivity index is 1.16. The third kappa shape index (κ3) is 3.95. The third-order valence-electron chi connectivity index (χ3n) is 5.65. The number of rotatable bonds is 5. The molecule has 0 spiro atoms. The summed E-state index contributed by atoms with van der Waals surface area (Å²) in [5.74, 6) is 0.519.